The Morgan fingerprint density at radius 1 is 1.08 bits per heavy atom. The summed E-state index contributed by atoms with van der Waals surface area (Å²) in [5.74, 6) is 0.160. The fourth-order valence-electron chi connectivity index (χ4n) is 3.93. The minimum atomic E-state index is -3.83. The average Bonchev–Trinajstić information content (AvgIpc) is 2.84. The summed E-state index contributed by atoms with van der Waals surface area (Å²) in [4.78, 5) is 27.9. The summed E-state index contributed by atoms with van der Waals surface area (Å²) in [6.07, 6.45) is 2.80. The molecular formula is C26H35N3O6S. The van der Waals surface area contributed by atoms with Crippen LogP contribution in [0.1, 0.15) is 37.8 Å². The van der Waals surface area contributed by atoms with Crippen molar-refractivity contribution in [2.24, 2.45) is 0 Å². The molecule has 36 heavy (non-hydrogen) atoms. The second kappa shape index (κ2) is 12.1. The number of anilines is 1. The number of unbranched alkanes of at least 4 members (excludes halogenated alkanes) is 1. The number of nitrogens with zero attached hydrogens (tertiary/aromatic N) is 2. The Kier molecular flexibility index (Phi) is 9.19. The van der Waals surface area contributed by atoms with Crippen LogP contribution in [0.5, 0.6) is 11.5 Å². The molecule has 196 valence electrons. The van der Waals surface area contributed by atoms with Crippen molar-refractivity contribution >= 4 is 27.5 Å². The van der Waals surface area contributed by atoms with E-state index in [2.05, 4.69) is 5.32 Å². The maximum atomic E-state index is 13.6. The van der Waals surface area contributed by atoms with Gasteiger partial charge in [-0.05, 0) is 38.0 Å². The van der Waals surface area contributed by atoms with Gasteiger partial charge < -0.3 is 19.7 Å². The van der Waals surface area contributed by atoms with E-state index in [9.17, 15) is 18.0 Å². The summed E-state index contributed by atoms with van der Waals surface area (Å²) >= 11 is 0. The lowest BCUT2D eigenvalue weighted by Crippen LogP contribution is -2.51. The van der Waals surface area contributed by atoms with Crippen LogP contribution in [0.4, 0.5) is 5.69 Å². The van der Waals surface area contributed by atoms with Crippen molar-refractivity contribution in [1.29, 1.82) is 0 Å². The molecule has 1 heterocycles. The molecule has 1 N–H and O–H groups in total. The van der Waals surface area contributed by atoms with Gasteiger partial charge in [0.15, 0.2) is 11.5 Å². The van der Waals surface area contributed by atoms with E-state index in [0.717, 1.165) is 34.5 Å². The lowest BCUT2D eigenvalue weighted by Gasteiger charge is -2.32. The average molecular weight is 518 g/mol. The molecule has 3 rings (SSSR count). The fraction of sp³-hybridized carbons (Fsp3) is 0.462. The van der Waals surface area contributed by atoms with Crippen LogP contribution in [0.15, 0.2) is 42.5 Å². The Morgan fingerprint density at radius 3 is 2.47 bits per heavy atom. The van der Waals surface area contributed by atoms with Crippen LogP contribution in [-0.2, 0) is 26.2 Å². The van der Waals surface area contributed by atoms with Gasteiger partial charge in [0.05, 0.1) is 11.9 Å². The molecule has 0 fully saturated rings. The number of aryl methyl sites for hydroxylation is 1. The van der Waals surface area contributed by atoms with Crippen molar-refractivity contribution in [1.82, 2.24) is 10.2 Å². The van der Waals surface area contributed by atoms with Gasteiger partial charge in [-0.3, -0.25) is 13.9 Å². The molecule has 0 saturated heterocycles. The quantitative estimate of drug-likeness (QED) is 0.460. The summed E-state index contributed by atoms with van der Waals surface area (Å²) in [7, 11) is -3.83. The highest BCUT2D eigenvalue weighted by atomic mass is 32.2. The van der Waals surface area contributed by atoms with E-state index in [1.807, 2.05) is 38.1 Å². The van der Waals surface area contributed by atoms with Gasteiger partial charge in [-0.1, -0.05) is 43.2 Å². The molecule has 0 saturated carbocycles. The lowest BCUT2D eigenvalue weighted by atomic mass is 10.1. The number of benzene rings is 2. The van der Waals surface area contributed by atoms with Gasteiger partial charge >= 0.3 is 0 Å². The number of hydrogen-bond donors (Lipinski definition) is 1. The number of amides is 2. The molecule has 0 spiro atoms. The third-order valence-corrected chi connectivity index (χ3v) is 7.07. The van der Waals surface area contributed by atoms with Crippen molar-refractivity contribution in [3.05, 3.63) is 53.6 Å². The van der Waals surface area contributed by atoms with Crippen LogP contribution in [0.3, 0.4) is 0 Å². The second-order valence-electron chi connectivity index (χ2n) is 8.93. The van der Waals surface area contributed by atoms with Crippen LogP contribution in [0.2, 0.25) is 0 Å². The molecule has 2 aromatic rings. The Bertz CT molecular complexity index is 1180. The van der Waals surface area contributed by atoms with Gasteiger partial charge in [0, 0.05) is 19.2 Å². The van der Waals surface area contributed by atoms with Gasteiger partial charge in [0.1, 0.15) is 25.8 Å². The number of fused-ring (bicyclic) bond motifs is 1. The van der Waals surface area contributed by atoms with Crippen molar-refractivity contribution in [2.45, 2.75) is 46.2 Å². The highest BCUT2D eigenvalue weighted by molar-refractivity contribution is 7.92. The number of ether oxygens (including phenoxy) is 2. The van der Waals surface area contributed by atoms with Gasteiger partial charge in [0.2, 0.25) is 21.8 Å². The minimum absolute atomic E-state index is 0.168. The SMILES string of the molecule is CCCCNC(=O)[C@@H](C)N(Cc1cccc(C)c1)C(=O)CN(c1ccc2c(c1)OCCO2)S(C)(=O)=O. The molecule has 0 unspecified atom stereocenters. The summed E-state index contributed by atoms with van der Waals surface area (Å²) in [5.41, 5.74) is 2.15. The number of hydrogen-bond acceptors (Lipinski definition) is 6. The molecule has 1 aliphatic heterocycles. The first kappa shape index (κ1) is 27.3. The van der Waals surface area contributed by atoms with E-state index in [0.29, 0.717) is 31.3 Å². The maximum Gasteiger partial charge on any atom is 0.244 e. The van der Waals surface area contributed by atoms with E-state index in [1.165, 1.54) is 4.90 Å². The number of carbonyl (C=O) groups excluding carboxylic acids is 2. The number of sulfonamides is 1. The normalized spacial score (nSPS) is 13.6. The zero-order valence-electron chi connectivity index (χ0n) is 21.3. The van der Waals surface area contributed by atoms with Crippen LogP contribution >= 0.6 is 0 Å². The molecule has 2 aromatic carbocycles. The molecule has 1 atom stereocenters. The number of rotatable bonds is 11. The molecular weight excluding hydrogens is 482 g/mol. The summed E-state index contributed by atoms with van der Waals surface area (Å²) < 4.78 is 37.6. The van der Waals surface area contributed by atoms with E-state index in [1.54, 1.807) is 25.1 Å². The van der Waals surface area contributed by atoms with Crippen molar-refractivity contribution < 1.29 is 27.5 Å². The van der Waals surface area contributed by atoms with Gasteiger partial charge in [0.25, 0.3) is 0 Å². The Labute approximate surface area is 213 Å². The summed E-state index contributed by atoms with van der Waals surface area (Å²) in [6.45, 7) is 6.61. The first-order valence-electron chi connectivity index (χ1n) is 12.1. The third kappa shape index (κ3) is 7.13. The number of carbonyl (C=O) groups is 2. The van der Waals surface area contributed by atoms with E-state index >= 15 is 0 Å². The molecule has 0 radical (unpaired) electrons. The van der Waals surface area contributed by atoms with Gasteiger partial charge in [-0.25, -0.2) is 8.42 Å². The molecule has 1 aliphatic rings. The molecule has 0 bridgehead atoms. The van der Waals surface area contributed by atoms with E-state index < -0.39 is 28.5 Å². The van der Waals surface area contributed by atoms with Gasteiger partial charge in [-0.15, -0.1) is 0 Å². The minimum Gasteiger partial charge on any atom is -0.486 e. The third-order valence-electron chi connectivity index (χ3n) is 5.93. The smallest absolute Gasteiger partial charge is 0.244 e. The highest BCUT2D eigenvalue weighted by Gasteiger charge is 2.30. The standard InChI is InChI=1S/C26H35N3O6S/c1-5-6-12-27-26(31)20(3)28(17-21-9-7-8-19(2)15-21)25(30)18-29(36(4,32)33)22-10-11-23-24(16-22)35-14-13-34-23/h7-11,15-16,20H,5-6,12-14,17-18H2,1-4H3,(H,27,31)/t20-/m1/s1. The molecule has 0 aliphatic carbocycles. The maximum absolute atomic E-state index is 13.6. The van der Waals surface area contributed by atoms with Crippen LogP contribution in [0.25, 0.3) is 0 Å². The van der Waals surface area contributed by atoms with Crippen LogP contribution < -0.4 is 19.1 Å². The predicted octanol–water partition coefficient (Wildman–Crippen LogP) is 2.87. The Morgan fingerprint density at radius 2 is 1.81 bits per heavy atom. The van der Waals surface area contributed by atoms with Crippen molar-refractivity contribution in [2.75, 3.05) is 36.9 Å². The predicted molar refractivity (Wildman–Crippen MR) is 139 cm³/mol. The van der Waals surface area contributed by atoms with E-state index in [4.69, 9.17) is 9.47 Å². The molecule has 0 aromatic heterocycles. The van der Waals surface area contributed by atoms with Gasteiger partial charge in [-0.2, -0.15) is 0 Å². The largest absolute Gasteiger partial charge is 0.486 e. The zero-order valence-corrected chi connectivity index (χ0v) is 22.1. The Hall–Kier alpha value is -3.27. The molecule has 10 heteroatoms. The zero-order chi connectivity index (χ0) is 26.3. The molecule has 2 amide bonds. The second-order valence-corrected chi connectivity index (χ2v) is 10.8. The molecule has 9 nitrogen and oxygen atoms in total. The summed E-state index contributed by atoms with van der Waals surface area (Å²) in [6, 6.07) is 11.6. The number of nitrogens with one attached hydrogen (secondary N) is 1. The van der Waals surface area contributed by atoms with Crippen LogP contribution in [0, 0.1) is 6.92 Å². The highest BCUT2D eigenvalue weighted by Crippen LogP contribution is 2.34. The lowest BCUT2D eigenvalue weighted by molar-refractivity contribution is -0.139. The summed E-state index contributed by atoms with van der Waals surface area (Å²) in [5, 5.41) is 2.87. The Balaban J connectivity index is 1.89. The van der Waals surface area contributed by atoms with E-state index in [-0.39, 0.29) is 18.1 Å². The first-order valence-corrected chi connectivity index (χ1v) is 13.9. The topological polar surface area (TPSA) is 105 Å². The van der Waals surface area contributed by atoms with Crippen LogP contribution in [-0.4, -0.2) is 63.7 Å². The first-order chi connectivity index (χ1) is 17.1. The fourth-order valence-corrected chi connectivity index (χ4v) is 4.77. The monoisotopic (exact) mass is 517 g/mol. The van der Waals surface area contributed by atoms with Crippen molar-refractivity contribution in [3.63, 3.8) is 0 Å². The van der Waals surface area contributed by atoms with Crippen molar-refractivity contribution in [3.8, 4) is 11.5 Å².